The number of nitrogens with zero attached hydrogens (tertiary/aromatic N) is 1. The van der Waals surface area contributed by atoms with E-state index in [1.807, 2.05) is 0 Å². The van der Waals surface area contributed by atoms with Crippen LogP contribution in [0.15, 0.2) is 24.3 Å². The summed E-state index contributed by atoms with van der Waals surface area (Å²) in [5, 5.41) is 0. The number of alkyl halides is 3. The molecular weight excluding hydrogens is 265 g/mol. The Morgan fingerprint density at radius 1 is 1.30 bits per heavy atom. The highest BCUT2D eigenvalue weighted by molar-refractivity contribution is 5.29. The molecule has 0 radical (unpaired) electrons. The number of nitrogens with two attached hydrogens (primary N) is 1. The average Bonchev–Trinajstić information content (AvgIpc) is 2.46. The second-order valence-electron chi connectivity index (χ2n) is 5.23. The molecule has 1 aliphatic carbocycles. The van der Waals surface area contributed by atoms with Gasteiger partial charge in [0.2, 0.25) is 0 Å². The number of benzene rings is 1. The molecule has 2 rings (SSSR count). The highest BCUT2D eigenvalue weighted by Crippen LogP contribution is 2.37. The molecular formula is C15H21F3N2. The molecule has 112 valence electrons. The normalized spacial score (nSPS) is 33.5. The summed E-state index contributed by atoms with van der Waals surface area (Å²) in [7, 11) is 0. The minimum atomic E-state index is -4.48. The van der Waals surface area contributed by atoms with Gasteiger partial charge in [-0.3, -0.25) is 0 Å². The number of rotatable bonds is 2. The quantitative estimate of drug-likeness (QED) is 0.907. The topological polar surface area (TPSA) is 29.3 Å². The molecule has 0 bridgehead atoms. The van der Waals surface area contributed by atoms with E-state index in [9.17, 15) is 13.2 Å². The van der Waals surface area contributed by atoms with Crippen molar-refractivity contribution >= 4 is 0 Å². The van der Waals surface area contributed by atoms with E-state index in [2.05, 4.69) is 0 Å². The van der Waals surface area contributed by atoms with Crippen molar-refractivity contribution in [3.05, 3.63) is 35.4 Å². The molecule has 3 unspecified atom stereocenters. The van der Waals surface area contributed by atoms with Gasteiger partial charge in [-0.25, -0.2) is 0 Å². The fourth-order valence-corrected chi connectivity index (χ4v) is 2.74. The van der Waals surface area contributed by atoms with Gasteiger partial charge < -0.3 is 10.6 Å². The maximum absolute atomic E-state index is 12.9. The van der Waals surface area contributed by atoms with Crippen LogP contribution in [0.5, 0.6) is 0 Å². The molecule has 2 N–H and O–H groups in total. The highest BCUT2D eigenvalue weighted by Gasteiger charge is 2.33. The molecule has 0 amide bonds. The Hall–Kier alpha value is -1.07. The first kappa shape index (κ1) is 9.05. The molecule has 20 heavy (non-hydrogen) atoms. The van der Waals surface area contributed by atoms with E-state index < -0.39 is 43.7 Å². The van der Waals surface area contributed by atoms with Gasteiger partial charge >= 0.3 is 6.18 Å². The maximum atomic E-state index is 12.9. The van der Waals surface area contributed by atoms with Gasteiger partial charge in [0, 0.05) is 20.3 Å². The summed E-state index contributed by atoms with van der Waals surface area (Å²) in [6.45, 7) is -5.77. The Morgan fingerprint density at radius 2 is 2.05 bits per heavy atom. The third-order valence-electron chi connectivity index (χ3n) is 3.89. The predicted molar refractivity (Wildman–Crippen MR) is 73.5 cm³/mol. The average molecular weight is 292 g/mol. The van der Waals surface area contributed by atoms with Crippen molar-refractivity contribution in [1.29, 1.82) is 0 Å². The zero-order valence-electron chi connectivity index (χ0n) is 16.8. The summed E-state index contributed by atoms with van der Waals surface area (Å²) in [5.41, 5.74) is 5.61. The first-order valence-electron chi connectivity index (χ1n) is 9.43. The van der Waals surface area contributed by atoms with Crippen molar-refractivity contribution in [2.45, 2.75) is 43.4 Å². The summed E-state index contributed by atoms with van der Waals surface area (Å²) < 4.78 is 84.1. The molecule has 5 heteroatoms. The lowest BCUT2D eigenvalue weighted by molar-refractivity contribution is -0.137. The number of halogens is 3. The lowest BCUT2D eigenvalue weighted by Crippen LogP contribution is -2.47. The summed E-state index contributed by atoms with van der Waals surface area (Å²) in [6, 6.07) is 3.18. The van der Waals surface area contributed by atoms with Crippen molar-refractivity contribution in [3.8, 4) is 0 Å². The Morgan fingerprint density at radius 3 is 2.70 bits per heavy atom. The van der Waals surface area contributed by atoms with Crippen molar-refractivity contribution in [1.82, 2.24) is 4.90 Å². The first-order chi connectivity index (χ1) is 11.7. The molecule has 1 fully saturated rings. The monoisotopic (exact) mass is 292 g/mol. The second kappa shape index (κ2) is 5.74. The van der Waals surface area contributed by atoms with Crippen LogP contribution in [0.4, 0.5) is 13.2 Å². The third-order valence-corrected chi connectivity index (χ3v) is 3.89. The Bertz CT molecular complexity index is 615. The fraction of sp³-hybridized carbons (Fsp3) is 0.600. The van der Waals surface area contributed by atoms with E-state index in [1.165, 1.54) is 6.07 Å². The minimum Gasteiger partial charge on any atom is -0.326 e. The van der Waals surface area contributed by atoms with E-state index >= 15 is 0 Å². The summed E-state index contributed by atoms with van der Waals surface area (Å²) in [5.74, 6) is -0.394. The van der Waals surface area contributed by atoms with E-state index in [1.54, 1.807) is 6.07 Å². The highest BCUT2D eigenvalue weighted by atomic mass is 19.4. The number of hydrogen-bond donors (Lipinski definition) is 1. The van der Waals surface area contributed by atoms with E-state index in [0.29, 0.717) is 23.3 Å². The largest absolute Gasteiger partial charge is 0.416 e. The van der Waals surface area contributed by atoms with Crippen LogP contribution in [0.3, 0.4) is 0 Å². The van der Waals surface area contributed by atoms with Gasteiger partial charge in [-0.05, 0) is 50.8 Å². The molecule has 1 saturated carbocycles. The molecule has 3 atom stereocenters. The zero-order chi connectivity index (χ0) is 19.9. The molecule has 1 aromatic rings. The third kappa shape index (κ3) is 3.33. The lowest BCUT2D eigenvalue weighted by Gasteiger charge is -2.38. The van der Waals surface area contributed by atoms with Crippen LogP contribution in [0.25, 0.3) is 0 Å². The van der Waals surface area contributed by atoms with E-state index in [-0.39, 0.29) is 6.42 Å². The summed E-state index contributed by atoms with van der Waals surface area (Å²) in [4.78, 5) is 0.449. The van der Waals surface area contributed by atoms with Gasteiger partial charge in [0.05, 0.1) is 5.56 Å². The molecule has 2 nitrogen and oxygen atoms in total. The van der Waals surface area contributed by atoms with E-state index in [0.717, 1.165) is 12.1 Å². The van der Waals surface area contributed by atoms with Crippen LogP contribution in [0, 0.1) is 0 Å². The van der Waals surface area contributed by atoms with Gasteiger partial charge in [0.25, 0.3) is 0 Å². The first-order valence-corrected chi connectivity index (χ1v) is 6.43. The lowest BCUT2D eigenvalue weighted by atomic mass is 9.78. The SMILES string of the molecule is [2H]C([2H])([2H])N(C1CC(c2cccc(C(F)(F)F)c2)CCC1N)C([2H])([2H])[2H]. The molecule has 1 aliphatic rings. The van der Waals surface area contributed by atoms with Gasteiger partial charge in [-0.1, -0.05) is 18.2 Å². The van der Waals surface area contributed by atoms with Crippen LogP contribution in [0.1, 0.15) is 44.5 Å². The van der Waals surface area contributed by atoms with Gasteiger partial charge in [0.15, 0.2) is 0 Å². The molecule has 0 heterocycles. The molecule has 0 aliphatic heterocycles. The fourth-order valence-electron chi connectivity index (χ4n) is 2.74. The van der Waals surface area contributed by atoms with Gasteiger partial charge in [0.1, 0.15) is 0 Å². The van der Waals surface area contributed by atoms with Crippen molar-refractivity contribution < 1.29 is 21.4 Å². The van der Waals surface area contributed by atoms with Gasteiger partial charge in [-0.2, -0.15) is 13.2 Å². The summed E-state index contributed by atoms with van der Waals surface area (Å²) in [6.07, 6.45) is -3.62. The van der Waals surface area contributed by atoms with Crippen LogP contribution in [0.2, 0.25) is 0 Å². The standard InChI is InChI=1S/C15H21F3N2/c1-20(2)14-9-11(6-7-13(14)19)10-4-3-5-12(8-10)15(16,17)18/h3-5,8,11,13-14H,6-7,9,19H2,1-2H3/i1D3,2D3. The molecule has 0 aromatic heterocycles. The minimum absolute atomic E-state index is 0.0687. The molecule has 1 aromatic carbocycles. The van der Waals surface area contributed by atoms with Crippen LogP contribution >= 0.6 is 0 Å². The van der Waals surface area contributed by atoms with Crippen LogP contribution in [-0.4, -0.2) is 30.9 Å². The number of hydrogen-bond acceptors (Lipinski definition) is 2. The Kier molecular flexibility index (Phi) is 2.60. The maximum Gasteiger partial charge on any atom is 0.416 e. The summed E-state index contributed by atoms with van der Waals surface area (Å²) >= 11 is 0. The predicted octanol–water partition coefficient (Wildman–Crippen LogP) is 3.23. The van der Waals surface area contributed by atoms with E-state index in [4.69, 9.17) is 14.0 Å². The Labute approximate surface area is 126 Å². The Balaban J connectivity index is 2.33. The zero-order valence-corrected chi connectivity index (χ0v) is 10.8. The smallest absolute Gasteiger partial charge is 0.326 e. The van der Waals surface area contributed by atoms with Crippen molar-refractivity contribution in [2.75, 3.05) is 14.0 Å². The van der Waals surface area contributed by atoms with Crippen LogP contribution in [-0.2, 0) is 6.18 Å². The van der Waals surface area contributed by atoms with Crippen LogP contribution < -0.4 is 5.73 Å². The van der Waals surface area contributed by atoms with Crippen molar-refractivity contribution in [3.63, 3.8) is 0 Å². The second-order valence-corrected chi connectivity index (χ2v) is 5.23. The number of likely N-dealkylation sites (N-methyl/N-ethyl adjacent to an activating group) is 1. The van der Waals surface area contributed by atoms with Gasteiger partial charge in [-0.15, -0.1) is 0 Å². The molecule has 0 spiro atoms. The van der Waals surface area contributed by atoms with Crippen molar-refractivity contribution in [2.24, 2.45) is 5.73 Å². The molecule has 0 saturated heterocycles.